The summed E-state index contributed by atoms with van der Waals surface area (Å²) in [5, 5.41) is 0. The van der Waals surface area contributed by atoms with Crippen LogP contribution in [0.3, 0.4) is 0 Å². The molecule has 2 nitrogen and oxygen atoms in total. The normalized spacial score (nSPS) is 25.9. The minimum Gasteiger partial charge on any atom is -0.360 e. The van der Waals surface area contributed by atoms with Gasteiger partial charge in [0.1, 0.15) is 5.78 Å². The topological polar surface area (TPSA) is 20.3 Å². The van der Waals surface area contributed by atoms with Crippen molar-refractivity contribution in [3.05, 3.63) is 64.7 Å². The molecule has 26 heavy (non-hydrogen) atoms. The Labute approximate surface area is 157 Å². The van der Waals surface area contributed by atoms with Gasteiger partial charge in [0.25, 0.3) is 0 Å². The molecule has 0 aromatic heterocycles. The fourth-order valence-corrected chi connectivity index (χ4v) is 5.42. The number of piperidine rings is 1. The molecule has 2 aliphatic rings. The van der Waals surface area contributed by atoms with Gasteiger partial charge in [-0.3, -0.25) is 4.79 Å². The largest absolute Gasteiger partial charge is 0.360 e. The van der Waals surface area contributed by atoms with Gasteiger partial charge in [-0.1, -0.05) is 48.7 Å². The van der Waals surface area contributed by atoms with Gasteiger partial charge in [0.15, 0.2) is 0 Å². The van der Waals surface area contributed by atoms with Crippen molar-refractivity contribution in [3.63, 3.8) is 0 Å². The van der Waals surface area contributed by atoms with Crippen LogP contribution in [0, 0.1) is 26.7 Å². The van der Waals surface area contributed by atoms with Crippen molar-refractivity contribution < 1.29 is 4.79 Å². The number of hydrogen-bond donors (Lipinski definition) is 0. The Morgan fingerprint density at radius 1 is 0.923 bits per heavy atom. The molecule has 0 unspecified atom stereocenters. The first-order valence-electron chi connectivity index (χ1n) is 10.00. The van der Waals surface area contributed by atoms with Crippen molar-refractivity contribution in [2.75, 3.05) is 4.90 Å². The molecule has 2 aromatic rings. The first-order chi connectivity index (χ1) is 12.6. The number of carbonyl (C=O) groups excluding carboxylic acids is 1. The molecule has 2 fully saturated rings. The number of Topliss-reactive ketones (excluding diaryl/α,β-unsaturated/α-hetero) is 1. The third-order valence-electron chi connectivity index (χ3n) is 6.36. The first kappa shape index (κ1) is 17.3. The van der Waals surface area contributed by atoms with Gasteiger partial charge in [-0.05, 0) is 62.4 Å². The quantitative estimate of drug-likeness (QED) is 0.695. The molecule has 2 heteroatoms. The number of fused-ring (bicyclic) bond motifs is 1. The molecule has 0 N–H and O–H groups in total. The maximum Gasteiger partial charge on any atom is 0.140 e. The van der Waals surface area contributed by atoms with Gasteiger partial charge >= 0.3 is 0 Å². The summed E-state index contributed by atoms with van der Waals surface area (Å²) in [5.74, 6) is 0.692. The average molecular weight is 348 g/mol. The highest BCUT2D eigenvalue weighted by molar-refractivity contribution is 5.86. The predicted octanol–water partition coefficient (Wildman–Crippen LogP) is 5.69. The molecule has 0 amide bonds. The second-order valence-electron chi connectivity index (χ2n) is 8.20. The summed E-state index contributed by atoms with van der Waals surface area (Å²) in [6.45, 7) is 6.56. The number of para-hydroxylation sites is 1. The minimum atomic E-state index is 0.157. The maximum atomic E-state index is 13.1. The van der Waals surface area contributed by atoms with Crippen LogP contribution in [-0.4, -0.2) is 11.8 Å². The zero-order chi connectivity index (χ0) is 18.3. The van der Waals surface area contributed by atoms with Gasteiger partial charge in [0.2, 0.25) is 0 Å². The smallest absolute Gasteiger partial charge is 0.140 e. The molecule has 0 spiro atoms. The van der Waals surface area contributed by atoms with Gasteiger partial charge < -0.3 is 4.90 Å². The molecule has 3 atom stereocenters. The number of anilines is 1. The summed E-state index contributed by atoms with van der Waals surface area (Å²) in [6, 6.07) is 15.8. The van der Waals surface area contributed by atoms with E-state index in [9.17, 15) is 4.79 Å². The molecule has 1 heterocycles. The Hall–Kier alpha value is -2.09. The number of hydrogen-bond acceptors (Lipinski definition) is 2. The van der Waals surface area contributed by atoms with E-state index in [4.69, 9.17) is 0 Å². The Kier molecular flexibility index (Phi) is 4.60. The van der Waals surface area contributed by atoms with Crippen LogP contribution >= 0.6 is 0 Å². The Morgan fingerprint density at radius 3 is 2.27 bits per heavy atom. The van der Waals surface area contributed by atoms with Crippen molar-refractivity contribution in [2.24, 2.45) is 5.92 Å². The van der Waals surface area contributed by atoms with Gasteiger partial charge in [-0.25, -0.2) is 0 Å². The summed E-state index contributed by atoms with van der Waals surface area (Å²) in [6.07, 6.45) is 5.26. The van der Waals surface area contributed by atoms with Crippen molar-refractivity contribution in [3.8, 4) is 0 Å². The number of carbonyl (C=O) groups is 1. The molecule has 1 aliphatic carbocycles. The average Bonchev–Trinajstić information content (AvgIpc) is 2.62. The maximum absolute atomic E-state index is 13.1. The number of aryl methyl sites for hydroxylation is 3. The predicted molar refractivity (Wildman–Crippen MR) is 108 cm³/mol. The Bertz CT molecular complexity index is 787. The van der Waals surface area contributed by atoms with Crippen LogP contribution in [0.15, 0.2) is 42.5 Å². The van der Waals surface area contributed by atoms with Crippen molar-refractivity contribution in [2.45, 2.75) is 65.0 Å². The molecular weight excluding hydrogens is 318 g/mol. The molecule has 136 valence electrons. The summed E-state index contributed by atoms with van der Waals surface area (Å²) in [5.41, 5.74) is 6.55. The summed E-state index contributed by atoms with van der Waals surface area (Å²) >= 11 is 0. The van der Waals surface area contributed by atoms with Crippen molar-refractivity contribution >= 4 is 11.5 Å². The van der Waals surface area contributed by atoms with Crippen LogP contribution in [0.5, 0.6) is 0 Å². The second-order valence-corrected chi connectivity index (χ2v) is 8.20. The number of ketones is 1. The molecule has 1 aliphatic heterocycles. The van der Waals surface area contributed by atoms with E-state index in [0.717, 1.165) is 12.8 Å². The molecule has 0 bridgehead atoms. The highest BCUT2D eigenvalue weighted by Crippen LogP contribution is 2.45. The van der Waals surface area contributed by atoms with Gasteiger partial charge in [-0.2, -0.15) is 0 Å². The standard InChI is InChI=1S/C24H29NO/c1-16-13-17(2)24(18(3)14-16)22-15-23(26)20-11-7-8-12-21(20)25(22)19-9-5-4-6-10-19/h4-6,9-10,13-14,20-22H,7-8,11-12,15H2,1-3H3/t20-,21+,22-/m0/s1. The summed E-state index contributed by atoms with van der Waals surface area (Å²) in [7, 11) is 0. The number of rotatable bonds is 2. The van der Waals surface area contributed by atoms with E-state index in [2.05, 4.69) is 68.1 Å². The second kappa shape index (κ2) is 6.90. The molecule has 1 saturated carbocycles. The summed E-state index contributed by atoms with van der Waals surface area (Å²) < 4.78 is 0. The van der Waals surface area contributed by atoms with E-state index in [1.54, 1.807) is 0 Å². The monoisotopic (exact) mass is 347 g/mol. The fourth-order valence-electron chi connectivity index (χ4n) is 5.42. The number of nitrogens with zero attached hydrogens (tertiary/aromatic N) is 1. The van der Waals surface area contributed by atoms with E-state index >= 15 is 0 Å². The fraction of sp³-hybridized carbons (Fsp3) is 0.458. The molecular formula is C24H29NO. The van der Waals surface area contributed by atoms with Crippen LogP contribution in [0.2, 0.25) is 0 Å². The minimum absolute atomic E-state index is 0.157. The third-order valence-corrected chi connectivity index (χ3v) is 6.36. The highest BCUT2D eigenvalue weighted by Gasteiger charge is 2.44. The van der Waals surface area contributed by atoms with Crippen LogP contribution < -0.4 is 4.90 Å². The first-order valence-corrected chi connectivity index (χ1v) is 10.00. The lowest BCUT2D eigenvalue weighted by molar-refractivity contribution is -0.126. The van der Waals surface area contributed by atoms with Crippen LogP contribution in [-0.2, 0) is 4.79 Å². The van der Waals surface area contributed by atoms with Crippen LogP contribution in [0.25, 0.3) is 0 Å². The van der Waals surface area contributed by atoms with E-state index in [1.165, 1.54) is 40.8 Å². The van der Waals surface area contributed by atoms with Gasteiger partial charge in [0, 0.05) is 24.1 Å². The van der Waals surface area contributed by atoms with E-state index in [0.29, 0.717) is 18.2 Å². The number of benzene rings is 2. The van der Waals surface area contributed by atoms with E-state index < -0.39 is 0 Å². The van der Waals surface area contributed by atoms with Crippen molar-refractivity contribution in [1.29, 1.82) is 0 Å². The lowest BCUT2D eigenvalue weighted by atomic mass is 9.73. The van der Waals surface area contributed by atoms with Crippen molar-refractivity contribution in [1.82, 2.24) is 0 Å². The zero-order valence-electron chi connectivity index (χ0n) is 16.2. The molecule has 1 saturated heterocycles. The third kappa shape index (κ3) is 2.96. The Balaban J connectivity index is 1.85. The zero-order valence-corrected chi connectivity index (χ0v) is 16.2. The highest BCUT2D eigenvalue weighted by atomic mass is 16.1. The molecule has 2 aromatic carbocycles. The molecule has 4 rings (SSSR count). The summed E-state index contributed by atoms with van der Waals surface area (Å²) in [4.78, 5) is 15.6. The lowest BCUT2D eigenvalue weighted by Gasteiger charge is -2.50. The van der Waals surface area contributed by atoms with Gasteiger partial charge in [-0.15, -0.1) is 0 Å². The SMILES string of the molecule is Cc1cc(C)c([C@@H]2CC(=O)[C@H]3CCCC[C@H]3N2c2ccccc2)c(C)c1. The molecule has 0 radical (unpaired) electrons. The van der Waals surface area contributed by atoms with E-state index in [-0.39, 0.29) is 12.0 Å². The van der Waals surface area contributed by atoms with E-state index in [1.807, 2.05) is 0 Å². The van der Waals surface area contributed by atoms with Crippen LogP contribution in [0.4, 0.5) is 5.69 Å². The van der Waals surface area contributed by atoms with Gasteiger partial charge in [0.05, 0.1) is 6.04 Å². The van der Waals surface area contributed by atoms with Crippen LogP contribution in [0.1, 0.15) is 60.4 Å². The lowest BCUT2D eigenvalue weighted by Crippen LogP contribution is -2.52. The Morgan fingerprint density at radius 2 is 1.58 bits per heavy atom.